The van der Waals surface area contributed by atoms with E-state index < -0.39 is 0 Å². The van der Waals surface area contributed by atoms with Crippen LogP contribution in [-0.4, -0.2) is 18.7 Å². The molecule has 2 rings (SSSR count). The van der Waals surface area contributed by atoms with E-state index in [-0.39, 0.29) is 5.60 Å². The lowest BCUT2D eigenvalue weighted by Crippen LogP contribution is -2.47. The van der Waals surface area contributed by atoms with Gasteiger partial charge >= 0.3 is 0 Å². The highest BCUT2D eigenvalue weighted by Crippen LogP contribution is 2.27. The maximum Gasteiger partial charge on any atom is 0.123 e. The molecule has 1 N–H and O–H groups in total. The average Bonchev–Trinajstić information content (AvgIpc) is 2.30. The van der Waals surface area contributed by atoms with Crippen LogP contribution in [0.25, 0.3) is 0 Å². The summed E-state index contributed by atoms with van der Waals surface area (Å²) in [6.45, 7) is 6.44. The van der Waals surface area contributed by atoms with E-state index in [9.17, 15) is 0 Å². The van der Waals surface area contributed by atoms with Crippen LogP contribution in [-0.2, 0) is 6.42 Å². The van der Waals surface area contributed by atoms with Crippen molar-refractivity contribution in [3.63, 3.8) is 0 Å². The summed E-state index contributed by atoms with van der Waals surface area (Å²) in [7, 11) is 0. The number of nitrogens with one attached hydrogen (secondary N) is 1. The molecule has 0 bridgehead atoms. The molecular formula is C14H21NO. The van der Waals surface area contributed by atoms with Crippen LogP contribution in [0.3, 0.4) is 0 Å². The maximum absolute atomic E-state index is 6.20. The Balaban J connectivity index is 2.12. The van der Waals surface area contributed by atoms with Crippen LogP contribution in [0.1, 0.15) is 32.3 Å². The van der Waals surface area contributed by atoms with E-state index in [1.165, 1.54) is 12.0 Å². The van der Waals surface area contributed by atoms with Crippen molar-refractivity contribution in [1.29, 1.82) is 0 Å². The monoisotopic (exact) mass is 219 g/mol. The fourth-order valence-electron chi connectivity index (χ4n) is 2.28. The number of piperidine rings is 1. The zero-order valence-electron chi connectivity index (χ0n) is 10.3. The van der Waals surface area contributed by atoms with E-state index >= 15 is 0 Å². The van der Waals surface area contributed by atoms with Gasteiger partial charge in [0.1, 0.15) is 11.4 Å². The van der Waals surface area contributed by atoms with Gasteiger partial charge in [-0.25, -0.2) is 0 Å². The van der Waals surface area contributed by atoms with Gasteiger partial charge in [0.15, 0.2) is 0 Å². The average molecular weight is 219 g/mol. The van der Waals surface area contributed by atoms with Gasteiger partial charge in [0, 0.05) is 6.54 Å². The minimum absolute atomic E-state index is 0.0382. The lowest BCUT2D eigenvalue weighted by Gasteiger charge is -2.35. The molecule has 0 aromatic heterocycles. The van der Waals surface area contributed by atoms with Crippen LogP contribution in [0.2, 0.25) is 0 Å². The molecule has 1 saturated heterocycles. The largest absolute Gasteiger partial charge is 0.486 e. The molecule has 1 aliphatic heterocycles. The summed E-state index contributed by atoms with van der Waals surface area (Å²) in [5.74, 6) is 1.05. The fraction of sp³-hybridized carbons (Fsp3) is 0.571. The van der Waals surface area contributed by atoms with Crippen LogP contribution >= 0.6 is 0 Å². The molecule has 16 heavy (non-hydrogen) atoms. The minimum atomic E-state index is -0.0382. The van der Waals surface area contributed by atoms with Crippen molar-refractivity contribution in [2.75, 3.05) is 13.1 Å². The van der Waals surface area contributed by atoms with Crippen molar-refractivity contribution in [1.82, 2.24) is 5.32 Å². The Labute approximate surface area is 98.0 Å². The third-order valence-corrected chi connectivity index (χ3v) is 3.27. The minimum Gasteiger partial charge on any atom is -0.486 e. The molecule has 1 unspecified atom stereocenters. The van der Waals surface area contributed by atoms with E-state index in [2.05, 4.69) is 37.4 Å². The molecular weight excluding hydrogens is 198 g/mol. The van der Waals surface area contributed by atoms with Gasteiger partial charge in [-0.1, -0.05) is 25.1 Å². The first-order valence-electron chi connectivity index (χ1n) is 6.21. The SMILES string of the molecule is CCc1ccccc1OC1(C)CCCNC1. The molecule has 1 aromatic rings. The number of benzene rings is 1. The van der Waals surface area contributed by atoms with Crippen molar-refractivity contribution < 1.29 is 4.74 Å². The van der Waals surface area contributed by atoms with Crippen molar-refractivity contribution in [3.8, 4) is 5.75 Å². The molecule has 1 fully saturated rings. The first-order chi connectivity index (χ1) is 7.73. The Morgan fingerprint density at radius 1 is 1.38 bits per heavy atom. The van der Waals surface area contributed by atoms with Crippen LogP contribution in [0, 0.1) is 0 Å². The fourth-order valence-corrected chi connectivity index (χ4v) is 2.28. The number of aryl methyl sites for hydroxylation is 1. The number of hydrogen-bond acceptors (Lipinski definition) is 2. The standard InChI is InChI=1S/C14H21NO/c1-3-12-7-4-5-8-13(12)16-14(2)9-6-10-15-11-14/h4-5,7-8,15H,3,6,9-11H2,1-2H3. The predicted octanol–water partition coefficient (Wildman–Crippen LogP) is 2.77. The lowest BCUT2D eigenvalue weighted by atomic mass is 9.96. The molecule has 88 valence electrons. The van der Waals surface area contributed by atoms with Crippen molar-refractivity contribution in [2.45, 2.75) is 38.7 Å². The van der Waals surface area contributed by atoms with E-state index in [4.69, 9.17) is 4.74 Å². The topological polar surface area (TPSA) is 21.3 Å². The van der Waals surface area contributed by atoms with Crippen LogP contribution in [0.4, 0.5) is 0 Å². The summed E-state index contributed by atoms with van der Waals surface area (Å²) in [5, 5.41) is 3.41. The van der Waals surface area contributed by atoms with Crippen LogP contribution in [0.15, 0.2) is 24.3 Å². The van der Waals surface area contributed by atoms with E-state index in [1.807, 2.05) is 6.07 Å². The Morgan fingerprint density at radius 2 is 2.19 bits per heavy atom. The molecule has 1 heterocycles. The smallest absolute Gasteiger partial charge is 0.123 e. The Bertz CT molecular complexity index is 342. The van der Waals surface area contributed by atoms with Gasteiger partial charge in [-0.15, -0.1) is 0 Å². The summed E-state index contributed by atoms with van der Waals surface area (Å²) >= 11 is 0. The summed E-state index contributed by atoms with van der Waals surface area (Å²) in [5.41, 5.74) is 1.26. The molecule has 0 saturated carbocycles. The zero-order chi connectivity index (χ0) is 11.4. The number of rotatable bonds is 3. The zero-order valence-corrected chi connectivity index (χ0v) is 10.3. The Morgan fingerprint density at radius 3 is 2.88 bits per heavy atom. The number of hydrogen-bond donors (Lipinski definition) is 1. The first-order valence-corrected chi connectivity index (χ1v) is 6.21. The van der Waals surface area contributed by atoms with Gasteiger partial charge < -0.3 is 10.1 Å². The normalized spacial score (nSPS) is 25.4. The second-order valence-electron chi connectivity index (χ2n) is 4.79. The van der Waals surface area contributed by atoms with Gasteiger partial charge in [0.05, 0.1) is 0 Å². The van der Waals surface area contributed by atoms with Gasteiger partial charge in [-0.05, 0) is 44.4 Å². The molecule has 2 heteroatoms. The first kappa shape index (κ1) is 11.5. The highest BCUT2D eigenvalue weighted by Gasteiger charge is 2.29. The number of ether oxygens (including phenoxy) is 1. The van der Waals surface area contributed by atoms with Crippen molar-refractivity contribution >= 4 is 0 Å². The van der Waals surface area contributed by atoms with E-state index in [0.29, 0.717) is 0 Å². The van der Waals surface area contributed by atoms with Crippen molar-refractivity contribution in [2.24, 2.45) is 0 Å². The summed E-state index contributed by atoms with van der Waals surface area (Å²) in [6.07, 6.45) is 3.36. The Kier molecular flexibility index (Phi) is 3.49. The van der Waals surface area contributed by atoms with Crippen LogP contribution in [0.5, 0.6) is 5.75 Å². The predicted molar refractivity (Wildman–Crippen MR) is 67.0 cm³/mol. The molecule has 0 radical (unpaired) electrons. The number of para-hydroxylation sites is 1. The summed E-state index contributed by atoms with van der Waals surface area (Å²) in [4.78, 5) is 0. The molecule has 0 amide bonds. The maximum atomic E-state index is 6.20. The third kappa shape index (κ3) is 2.56. The van der Waals surface area contributed by atoms with Gasteiger partial charge in [-0.3, -0.25) is 0 Å². The molecule has 2 nitrogen and oxygen atoms in total. The van der Waals surface area contributed by atoms with Gasteiger partial charge in [-0.2, -0.15) is 0 Å². The van der Waals surface area contributed by atoms with Gasteiger partial charge in [0.2, 0.25) is 0 Å². The highest BCUT2D eigenvalue weighted by atomic mass is 16.5. The summed E-state index contributed by atoms with van der Waals surface area (Å²) < 4.78 is 6.20. The molecule has 1 atom stereocenters. The summed E-state index contributed by atoms with van der Waals surface area (Å²) in [6, 6.07) is 8.36. The highest BCUT2D eigenvalue weighted by molar-refractivity contribution is 5.33. The molecule has 0 spiro atoms. The second-order valence-corrected chi connectivity index (χ2v) is 4.79. The quantitative estimate of drug-likeness (QED) is 0.844. The molecule has 1 aromatic carbocycles. The van der Waals surface area contributed by atoms with E-state index in [1.54, 1.807) is 0 Å². The van der Waals surface area contributed by atoms with Gasteiger partial charge in [0.25, 0.3) is 0 Å². The Hall–Kier alpha value is -1.02. The van der Waals surface area contributed by atoms with Crippen molar-refractivity contribution in [3.05, 3.63) is 29.8 Å². The molecule has 1 aliphatic rings. The van der Waals surface area contributed by atoms with Crippen LogP contribution < -0.4 is 10.1 Å². The third-order valence-electron chi connectivity index (χ3n) is 3.27. The second kappa shape index (κ2) is 4.88. The molecule has 0 aliphatic carbocycles. The van der Waals surface area contributed by atoms with E-state index in [0.717, 1.165) is 31.7 Å². The lowest BCUT2D eigenvalue weighted by molar-refractivity contribution is 0.0605.